The average molecular weight is 297 g/mol. The molecule has 0 aromatic heterocycles. The number of benzene rings is 1. The van der Waals surface area contributed by atoms with Crippen LogP contribution in [0.4, 0.5) is 4.39 Å². The molecule has 112 valence electrons. The molecule has 0 amide bonds. The zero-order chi connectivity index (χ0) is 14.8. The van der Waals surface area contributed by atoms with Crippen molar-refractivity contribution in [3.8, 4) is 0 Å². The van der Waals surface area contributed by atoms with Gasteiger partial charge in [0.2, 0.25) is 0 Å². The molecule has 0 radical (unpaired) electrons. The zero-order valence-corrected chi connectivity index (χ0v) is 13.3. The molecule has 0 saturated carbocycles. The number of nitrogens with one attached hydrogen (secondary N) is 2. The van der Waals surface area contributed by atoms with Crippen LogP contribution in [0.5, 0.6) is 0 Å². The molecule has 0 aliphatic rings. The number of aliphatic imine (C=N–C) groups is 1. The largest absolute Gasteiger partial charge is 0.356 e. The Balaban J connectivity index is 2.16. The van der Waals surface area contributed by atoms with Gasteiger partial charge >= 0.3 is 0 Å². The van der Waals surface area contributed by atoms with Crippen molar-refractivity contribution in [3.05, 3.63) is 30.1 Å². The molecule has 1 unspecified atom stereocenters. The van der Waals surface area contributed by atoms with E-state index in [9.17, 15) is 4.39 Å². The fraction of sp³-hybridized carbons (Fsp3) is 0.533. The smallest absolute Gasteiger partial charge is 0.191 e. The highest BCUT2D eigenvalue weighted by Gasteiger charge is 2.02. The molecule has 0 saturated heterocycles. The van der Waals surface area contributed by atoms with Crippen LogP contribution in [0.1, 0.15) is 26.7 Å². The van der Waals surface area contributed by atoms with Gasteiger partial charge in [-0.05, 0) is 49.8 Å². The number of hydrogen-bond acceptors (Lipinski definition) is 2. The van der Waals surface area contributed by atoms with E-state index in [1.165, 1.54) is 12.1 Å². The Kier molecular flexibility index (Phi) is 8.11. The summed E-state index contributed by atoms with van der Waals surface area (Å²) in [6.07, 6.45) is 2.10. The Hall–Kier alpha value is -1.23. The van der Waals surface area contributed by atoms with Crippen molar-refractivity contribution in [2.45, 2.75) is 37.6 Å². The summed E-state index contributed by atoms with van der Waals surface area (Å²) < 4.78 is 12.8. The molecule has 5 heteroatoms. The van der Waals surface area contributed by atoms with Crippen molar-refractivity contribution in [2.24, 2.45) is 4.99 Å². The lowest BCUT2D eigenvalue weighted by atomic mass is 10.3. The van der Waals surface area contributed by atoms with E-state index in [2.05, 4.69) is 29.5 Å². The highest BCUT2D eigenvalue weighted by atomic mass is 32.2. The summed E-state index contributed by atoms with van der Waals surface area (Å²) in [7, 11) is 1.78. The molecule has 1 aromatic rings. The van der Waals surface area contributed by atoms with Crippen LogP contribution < -0.4 is 10.6 Å². The molecule has 0 bridgehead atoms. The summed E-state index contributed by atoms with van der Waals surface area (Å²) >= 11 is 1.74. The van der Waals surface area contributed by atoms with E-state index in [4.69, 9.17) is 0 Å². The molecule has 1 atom stereocenters. The van der Waals surface area contributed by atoms with Gasteiger partial charge < -0.3 is 10.6 Å². The van der Waals surface area contributed by atoms with E-state index in [1.54, 1.807) is 18.8 Å². The quantitative estimate of drug-likeness (QED) is 0.351. The topological polar surface area (TPSA) is 36.4 Å². The molecule has 0 spiro atoms. The van der Waals surface area contributed by atoms with Gasteiger partial charge in [-0.25, -0.2) is 4.39 Å². The molecule has 0 heterocycles. The maximum absolute atomic E-state index is 12.8. The molecule has 2 N–H and O–H groups in total. The third-order valence-electron chi connectivity index (χ3n) is 2.92. The second-order valence-corrected chi connectivity index (χ2v) is 5.78. The van der Waals surface area contributed by atoms with Crippen molar-refractivity contribution in [3.63, 3.8) is 0 Å². The van der Waals surface area contributed by atoms with Gasteiger partial charge in [0.15, 0.2) is 5.96 Å². The number of nitrogens with zero attached hydrogens (tertiary/aromatic N) is 1. The SMILES string of the molecule is CCC(C)NC(=NC)NCCCSc1ccc(F)cc1. The Morgan fingerprint density at radius 1 is 1.35 bits per heavy atom. The van der Waals surface area contributed by atoms with E-state index in [0.29, 0.717) is 6.04 Å². The Bertz CT molecular complexity index is 406. The third-order valence-corrected chi connectivity index (χ3v) is 4.01. The summed E-state index contributed by atoms with van der Waals surface area (Å²) in [4.78, 5) is 5.29. The van der Waals surface area contributed by atoms with Crippen LogP contribution in [0, 0.1) is 5.82 Å². The fourth-order valence-electron chi connectivity index (χ4n) is 1.53. The summed E-state index contributed by atoms with van der Waals surface area (Å²) in [6, 6.07) is 7.06. The summed E-state index contributed by atoms with van der Waals surface area (Å²) in [5.74, 6) is 1.67. The van der Waals surface area contributed by atoms with Gasteiger partial charge in [0.1, 0.15) is 5.82 Å². The van der Waals surface area contributed by atoms with Gasteiger partial charge in [-0.15, -0.1) is 11.8 Å². The van der Waals surface area contributed by atoms with Gasteiger partial charge in [-0.2, -0.15) is 0 Å². The Morgan fingerprint density at radius 2 is 2.05 bits per heavy atom. The summed E-state index contributed by atoms with van der Waals surface area (Å²) in [5, 5.41) is 6.62. The van der Waals surface area contributed by atoms with Crippen molar-refractivity contribution in [1.29, 1.82) is 0 Å². The van der Waals surface area contributed by atoms with Gasteiger partial charge in [0, 0.05) is 24.5 Å². The molecule has 3 nitrogen and oxygen atoms in total. The highest BCUT2D eigenvalue weighted by Crippen LogP contribution is 2.18. The maximum Gasteiger partial charge on any atom is 0.191 e. The van der Waals surface area contributed by atoms with Crippen LogP contribution in [0.25, 0.3) is 0 Å². The Morgan fingerprint density at radius 3 is 2.65 bits per heavy atom. The number of thioether (sulfide) groups is 1. The highest BCUT2D eigenvalue weighted by molar-refractivity contribution is 7.99. The summed E-state index contributed by atoms with van der Waals surface area (Å²) in [6.45, 7) is 5.16. The van der Waals surface area contributed by atoms with Crippen molar-refractivity contribution in [1.82, 2.24) is 10.6 Å². The fourth-order valence-corrected chi connectivity index (χ4v) is 2.38. The van der Waals surface area contributed by atoms with Crippen LogP contribution in [0.2, 0.25) is 0 Å². The van der Waals surface area contributed by atoms with Crippen molar-refractivity contribution < 1.29 is 4.39 Å². The zero-order valence-electron chi connectivity index (χ0n) is 12.4. The molecule has 0 fully saturated rings. The third kappa shape index (κ3) is 6.80. The molecular formula is C15H24FN3S. The molecule has 0 aliphatic carbocycles. The van der Waals surface area contributed by atoms with E-state index >= 15 is 0 Å². The lowest BCUT2D eigenvalue weighted by Gasteiger charge is -2.16. The molecule has 20 heavy (non-hydrogen) atoms. The minimum Gasteiger partial charge on any atom is -0.356 e. The van der Waals surface area contributed by atoms with Crippen LogP contribution >= 0.6 is 11.8 Å². The number of guanidine groups is 1. The maximum atomic E-state index is 12.8. The van der Waals surface area contributed by atoms with Crippen LogP contribution in [0.3, 0.4) is 0 Å². The van der Waals surface area contributed by atoms with Gasteiger partial charge in [0.25, 0.3) is 0 Å². The first-order valence-electron chi connectivity index (χ1n) is 7.01. The lowest BCUT2D eigenvalue weighted by molar-refractivity contribution is 0.623. The van der Waals surface area contributed by atoms with Crippen LogP contribution in [-0.4, -0.2) is 31.3 Å². The van der Waals surface area contributed by atoms with E-state index in [-0.39, 0.29) is 5.82 Å². The van der Waals surface area contributed by atoms with Crippen molar-refractivity contribution in [2.75, 3.05) is 19.3 Å². The van der Waals surface area contributed by atoms with E-state index in [1.807, 2.05) is 12.1 Å². The minimum absolute atomic E-state index is 0.184. The predicted molar refractivity (Wildman–Crippen MR) is 86.0 cm³/mol. The first-order valence-corrected chi connectivity index (χ1v) is 7.99. The number of rotatable bonds is 7. The molecule has 1 aromatic carbocycles. The van der Waals surface area contributed by atoms with Gasteiger partial charge in [0.05, 0.1) is 0 Å². The molecule has 1 rings (SSSR count). The van der Waals surface area contributed by atoms with Crippen LogP contribution in [0.15, 0.2) is 34.2 Å². The van der Waals surface area contributed by atoms with Crippen LogP contribution in [-0.2, 0) is 0 Å². The minimum atomic E-state index is -0.184. The predicted octanol–water partition coefficient (Wildman–Crippen LogP) is 3.27. The van der Waals surface area contributed by atoms with E-state index < -0.39 is 0 Å². The molecule has 0 aliphatic heterocycles. The second kappa shape index (κ2) is 9.64. The summed E-state index contributed by atoms with van der Waals surface area (Å²) in [5.41, 5.74) is 0. The molecular weight excluding hydrogens is 273 g/mol. The lowest BCUT2D eigenvalue weighted by Crippen LogP contribution is -2.42. The van der Waals surface area contributed by atoms with Gasteiger partial charge in [-0.3, -0.25) is 4.99 Å². The normalized spacial score (nSPS) is 13.1. The van der Waals surface area contributed by atoms with Gasteiger partial charge in [-0.1, -0.05) is 6.92 Å². The standard InChI is InChI=1S/C15H24FN3S/c1-4-12(2)19-15(17-3)18-10-5-11-20-14-8-6-13(16)7-9-14/h6-9,12H,4-5,10-11H2,1-3H3,(H2,17,18,19). The first-order chi connectivity index (χ1) is 9.65. The van der Waals surface area contributed by atoms with Crippen molar-refractivity contribution >= 4 is 17.7 Å². The number of halogens is 1. The monoisotopic (exact) mass is 297 g/mol. The first kappa shape index (κ1) is 16.8. The number of hydrogen-bond donors (Lipinski definition) is 2. The van der Waals surface area contributed by atoms with E-state index in [0.717, 1.165) is 36.0 Å². The second-order valence-electron chi connectivity index (χ2n) is 4.61. The average Bonchev–Trinajstić information content (AvgIpc) is 2.47. The Labute approximate surface area is 125 Å².